The Bertz CT molecular complexity index is 918. The number of hydrogen-bond acceptors (Lipinski definition) is 4. The number of amides is 1. The molecular weight excluding hydrogens is 345 g/mol. The van der Waals surface area contributed by atoms with E-state index in [1.165, 1.54) is 18.3 Å². The highest BCUT2D eigenvalue weighted by Crippen LogP contribution is 2.22. The Morgan fingerprint density at radius 1 is 1.00 bits per heavy atom. The van der Waals surface area contributed by atoms with Gasteiger partial charge in [-0.3, -0.25) is 9.78 Å². The fraction of sp³-hybridized carbons (Fsp3) is 0.0556. The van der Waals surface area contributed by atoms with Gasteiger partial charge in [-0.2, -0.15) is 0 Å². The van der Waals surface area contributed by atoms with Crippen LogP contribution in [0.5, 0.6) is 0 Å². The number of pyridine rings is 2. The van der Waals surface area contributed by atoms with Crippen LogP contribution in [0.2, 0.25) is 0 Å². The second kappa shape index (κ2) is 7.64. The molecule has 5 nitrogen and oxygen atoms in total. The highest BCUT2D eigenvalue weighted by atomic mass is 19.2. The van der Waals surface area contributed by atoms with Crippen molar-refractivity contribution >= 4 is 17.4 Å². The highest BCUT2D eigenvalue weighted by molar-refractivity contribution is 5.94. The molecule has 0 unspecified atom stereocenters. The van der Waals surface area contributed by atoms with Gasteiger partial charge in [-0.1, -0.05) is 6.07 Å². The molecule has 0 saturated carbocycles. The molecule has 0 aliphatic heterocycles. The van der Waals surface area contributed by atoms with Crippen LogP contribution in [0.25, 0.3) is 0 Å². The molecule has 0 bridgehead atoms. The number of hydrogen-bond donors (Lipinski definition) is 2. The third kappa shape index (κ3) is 3.97. The molecule has 2 heterocycles. The summed E-state index contributed by atoms with van der Waals surface area (Å²) in [5, 5.41) is 5.25. The van der Waals surface area contributed by atoms with Crippen LogP contribution in [0.4, 0.5) is 24.7 Å². The number of nitrogens with one attached hydrogen (secondary N) is 2. The number of rotatable bonds is 5. The van der Waals surface area contributed by atoms with Crippen LogP contribution < -0.4 is 10.6 Å². The molecule has 132 valence electrons. The number of aromatic nitrogens is 2. The maximum atomic E-state index is 13.6. The SMILES string of the molecule is O=C(NCc1cccnc1)c1ccc(Nc2ccc(F)c(F)c2F)nc1. The van der Waals surface area contributed by atoms with Gasteiger partial charge in [-0.25, -0.2) is 18.2 Å². The number of halogens is 3. The predicted octanol–water partition coefficient (Wildman–Crippen LogP) is 3.57. The minimum absolute atomic E-state index is 0.179. The van der Waals surface area contributed by atoms with Crippen LogP contribution in [0.3, 0.4) is 0 Å². The molecule has 0 radical (unpaired) electrons. The Hall–Kier alpha value is -3.42. The van der Waals surface area contributed by atoms with E-state index in [0.717, 1.165) is 17.7 Å². The van der Waals surface area contributed by atoms with Crippen LogP contribution in [-0.4, -0.2) is 15.9 Å². The summed E-state index contributed by atoms with van der Waals surface area (Å²) >= 11 is 0. The molecule has 3 aromatic rings. The fourth-order valence-corrected chi connectivity index (χ4v) is 2.15. The second-order valence-corrected chi connectivity index (χ2v) is 5.32. The third-order valence-electron chi connectivity index (χ3n) is 3.50. The summed E-state index contributed by atoms with van der Waals surface area (Å²) in [5.41, 5.74) is 0.885. The zero-order chi connectivity index (χ0) is 18.5. The van der Waals surface area contributed by atoms with Gasteiger partial charge in [0.2, 0.25) is 0 Å². The number of anilines is 2. The molecule has 2 aromatic heterocycles. The van der Waals surface area contributed by atoms with E-state index in [9.17, 15) is 18.0 Å². The van der Waals surface area contributed by atoms with Crippen LogP contribution in [0, 0.1) is 17.5 Å². The van der Waals surface area contributed by atoms with Gasteiger partial charge in [0.1, 0.15) is 5.82 Å². The van der Waals surface area contributed by atoms with Gasteiger partial charge < -0.3 is 10.6 Å². The van der Waals surface area contributed by atoms with Gasteiger partial charge in [0.05, 0.1) is 11.3 Å². The molecule has 26 heavy (non-hydrogen) atoms. The zero-order valence-corrected chi connectivity index (χ0v) is 13.3. The molecule has 0 saturated heterocycles. The zero-order valence-electron chi connectivity index (χ0n) is 13.3. The Balaban J connectivity index is 1.65. The maximum absolute atomic E-state index is 13.6. The lowest BCUT2D eigenvalue weighted by atomic mass is 10.2. The summed E-state index contributed by atoms with van der Waals surface area (Å²) in [7, 11) is 0. The Kier molecular flexibility index (Phi) is 5.12. The summed E-state index contributed by atoms with van der Waals surface area (Å²) in [6.07, 6.45) is 4.57. The monoisotopic (exact) mass is 358 g/mol. The Morgan fingerprint density at radius 2 is 1.85 bits per heavy atom. The molecule has 0 aliphatic carbocycles. The van der Waals surface area contributed by atoms with Gasteiger partial charge >= 0.3 is 0 Å². The van der Waals surface area contributed by atoms with E-state index in [-0.39, 0.29) is 17.4 Å². The van der Waals surface area contributed by atoms with Gasteiger partial charge in [0.15, 0.2) is 17.5 Å². The van der Waals surface area contributed by atoms with Crippen LogP contribution in [0.1, 0.15) is 15.9 Å². The average molecular weight is 358 g/mol. The van der Waals surface area contributed by atoms with E-state index in [4.69, 9.17) is 0 Å². The fourth-order valence-electron chi connectivity index (χ4n) is 2.15. The third-order valence-corrected chi connectivity index (χ3v) is 3.50. The van der Waals surface area contributed by atoms with Crippen molar-refractivity contribution in [1.29, 1.82) is 0 Å². The van der Waals surface area contributed by atoms with Crippen molar-refractivity contribution < 1.29 is 18.0 Å². The van der Waals surface area contributed by atoms with E-state index < -0.39 is 17.5 Å². The summed E-state index contributed by atoms with van der Waals surface area (Å²) in [5.74, 6) is -4.35. The standard InChI is InChI=1S/C18H13F3N4O/c19-13-4-5-14(17(21)16(13)20)25-15-6-3-12(10-23-15)18(26)24-9-11-2-1-7-22-8-11/h1-8,10H,9H2,(H,23,25)(H,24,26). The number of carbonyl (C=O) groups excluding carboxylic acids is 1. The van der Waals surface area contributed by atoms with Crippen LogP contribution in [0.15, 0.2) is 55.0 Å². The Labute approximate surface area is 146 Å². The van der Waals surface area contributed by atoms with Crippen molar-refractivity contribution in [3.05, 3.63) is 83.6 Å². The minimum atomic E-state index is -1.57. The van der Waals surface area contributed by atoms with Crippen LogP contribution in [-0.2, 0) is 6.54 Å². The summed E-state index contributed by atoms with van der Waals surface area (Å²) in [6.45, 7) is 0.312. The molecule has 0 atom stereocenters. The van der Waals surface area contributed by atoms with E-state index in [2.05, 4.69) is 20.6 Å². The molecule has 0 fully saturated rings. The first-order chi connectivity index (χ1) is 12.5. The van der Waals surface area contributed by atoms with Crippen LogP contribution >= 0.6 is 0 Å². The minimum Gasteiger partial charge on any atom is -0.348 e. The van der Waals surface area contributed by atoms with E-state index in [1.54, 1.807) is 18.5 Å². The van der Waals surface area contributed by atoms with Crippen molar-refractivity contribution in [3.8, 4) is 0 Å². The lowest BCUT2D eigenvalue weighted by molar-refractivity contribution is 0.0950. The first kappa shape index (κ1) is 17.4. The Morgan fingerprint density at radius 3 is 2.54 bits per heavy atom. The van der Waals surface area contributed by atoms with Gasteiger partial charge in [-0.05, 0) is 35.9 Å². The van der Waals surface area contributed by atoms with Crippen molar-refractivity contribution in [2.24, 2.45) is 0 Å². The first-order valence-electron chi connectivity index (χ1n) is 7.58. The van der Waals surface area contributed by atoms with Gasteiger partial charge in [0, 0.05) is 25.1 Å². The molecule has 3 rings (SSSR count). The summed E-state index contributed by atoms with van der Waals surface area (Å²) in [4.78, 5) is 20.0. The molecule has 8 heteroatoms. The smallest absolute Gasteiger partial charge is 0.253 e. The predicted molar refractivity (Wildman–Crippen MR) is 89.2 cm³/mol. The molecule has 2 N–H and O–H groups in total. The largest absolute Gasteiger partial charge is 0.348 e. The molecular formula is C18H13F3N4O. The van der Waals surface area contributed by atoms with Crippen molar-refractivity contribution in [2.75, 3.05) is 5.32 Å². The number of carbonyl (C=O) groups is 1. The summed E-state index contributed by atoms with van der Waals surface area (Å²) < 4.78 is 39.8. The first-order valence-corrected chi connectivity index (χ1v) is 7.58. The van der Waals surface area contributed by atoms with Crippen molar-refractivity contribution in [1.82, 2.24) is 15.3 Å². The normalized spacial score (nSPS) is 10.4. The van der Waals surface area contributed by atoms with E-state index in [1.807, 2.05) is 6.07 Å². The van der Waals surface area contributed by atoms with E-state index in [0.29, 0.717) is 12.1 Å². The molecule has 1 amide bonds. The molecule has 0 spiro atoms. The quantitative estimate of drug-likeness (QED) is 0.685. The lowest BCUT2D eigenvalue weighted by Crippen LogP contribution is -2.23. The number of nitrogens with zero attached hydrogens (tertiary/aromatic N) is 2. The van der Waals surface area contributed by atoms with Crippen molar-refractivity contribution in [3.63, 3.8) is 0 Å². The van der Waals surface area contributed by atoms with Gasteiger partial charge in [0.25, 0.3) is 5.91 Å². The molecule has 0 aliphatic rings. The van der Waals surface area contributed by atoms with Gasteiger partial charge in [-0.15, -0.1) is 0 Å². The van der Waals surface area contributed by atoms with Crippen molar-refractivity contribution in [2.45, 2.75) is 6.54 Å². The average Bonchev–Trinajstić information content (AvgIpc) is 2.68. The summed E-state index contributed by atoms with van der Waals surface area (Å²) in [6, 6.07) is 8.37. The highest BCUT2D eigenvalue weighted by Gasteiger charge is 2.14. The van der Waals surface area contributed by atoms with E-state index >= 15 is 0 Å². The number of benzene rings is 1. The maximum Gasteiger partial charge on any atom is 0.253 e. The molecule has 1 aromatic carbocycles. The lowest BCUT2D eigenvalue weighted by Gasteiger charge is -2.09. The second-order valence-electron chi connectivity index (χ2n) is 5.32. The topological polar surface area (TPSA) is 66.9 Å².